The summed E-state index contributed by atoms with van der Waals surface area (Å²) in [7, 11) is 0. The van der Waals surface area contributed by atoms with Gasteiger partial charge in [-0.1, -0.05) is 23.4 Å². The van der Waals surface area contributed by atoms with E-state index in [2.05, 4.69) is 10.5 Å². The van der Waals surface area contributed by atoms with Crippen LogP contribution in [0, 0.1) is 6.92 Å². The molecule has 0 fully saturated rings. The van der Waals surface area contributed by atoms with Crippen molar-refractivity contribution in [3.8, 4) is 0 Å². The minimum atomic E-state index is -0.254. The maximum Gasteiger partial charge on any atom is 0.259 e. The van der Waals surface area contributed by atoms with Gasteiger partial charge in [-0.2, -0.15) is 0 Å². The summed E-state index contributed by atoms with van der Waals surface area (Å²) < 4.78 is 4.91. The second-order valence-electron chi connectivity index (χ2n) is 4.66. The number of aryl methyl sites for hydroxylation is 1. The number of amides is 2. The van der Waals surface area contributed by atoms with Gasteiger partial charge < -0.3 is 14.7 Å². The van der Waals surface area contributed by atoms with Gasteiger partial charge in [0.05, 0.1) is 6.20 Å². The van der Waals surface area contributed by atoms with Crippen molar-refractivity contribution in [2.75, 3.05) is 11.9 Å². The zero-order valence-electron chi connectivity index (χ0n) is 10.9. The Morgan fingerprint density at radius 1 is 1.35 bits per heavy atom. The van der Waals surface area contributed by atoms with E-state index in [0.29, 0.717) is 17.9 Å². The third kappa shape index (κ3) is 2.16. The molecule has 6 heteroatoms. The lowest BCUT2D eigenvalue weighted by Gasteiger charge is -2.18. The van der Waals surface area contributed by atoms with Crippen LogP contribution in [0.1, 0.15) is 21.7 Å². The molecule has 1 aliphatic rings. The maximum absolute atomic E-state index is 12.4. The largest absolute Gasteiger partial charge is 0.361 e. The molecule has 0 saturated heterocycles. The first-order chi connectivity index (χ1) is 9.65. The monoisotopic (exact) mass is 271 g/mol. The normalized spacial score (nSPS) is 14.4. The highest BCUT2D eigenvalue weighted by Crippen LogP contribution is 2.22. The molecule has 2 heterocycles. The number of benzene rings is 1. The molecule has 0 saturated carbocycles. The number of aromatic nitrogens is 1. The molecule has 1 N–H and O–H groups in total. The first-order valence-corrected chi connectivity index (χ1v) is 6.23. The molecule has 2 aromatic rings. The number of fused-ring (bicyclic) bond motifs is 1. The van der Waals surface area contributed by atoms with Gasteiger partial charge in [-0.25, -0.2) is 0 Å². The first kappa shape index (κ1) is 12.4. The molecule has 6 nitrogen and oxygen atoms in total. The van der Waals surface area contributed by atoms with E-state index < -0.39 is 0 Å². The Hall–Kier alpha value is -2.63. The quantitative estimate of drug-likeness (QED) is 0.854. The van der Waals surface area contributed by atoms with Crippen LogP contribution >= 0.6 is 0 Å². The van der Waals surface area contributed by atoms with Gasteiger partial charge in [0.15, 0.2) is 0 Å². The van der Waals surface area contributed by atoms with Crippen molar-refractivity contribution in [3.05, 3.63) is 47.3 Å². The zero-order valence-corrected chi connectivity index (χ0v) is 10.9. The van der Waals surface area contributed by atoms with Crippen molar-refractivity contribution in [2.24, 2.45) is 0 Å². The number of carbonyl (C=O) groups is 2. The number of hydrogen-bond acceptors (Lipinski definition) is 4. The van der Waals surface area contributed by atoms with Crippen LogP contribution in [-0.4, -0.2) is 28.4 Å². The summed E-state index contributed by atoms with van der Waals surface area (Å²) in [5.74, 6) is -0.0130. The fraction of sp³-hybridized carbons (Fsp3) is 0.214. The Bertz CT molecular complexity index is 678. The average molecular weight is 271 g/mol. The summed E-state index contributed by atoms with van der Waals surface area (Å²) in [6.07, 6.45) is 1.38. The molecule has 2 amide bonds. The van der Waals surface area contributed by atoms with Crippen LogP contribution in [-0.2, 0) is 11.3 Å². The van der Waals surface area contributed by atoms with Crippen molar-refractivity contribution in [1.82, 2.24) is 10.1 Å². The smallest absolute Gasteiger partial charge is 0.259 e. The van der Waals surface area contributed by atoms with Crippen molar-refractivity contribution >= 4 is 17.5 Å². The first-order valence-electron chi connectivity index (χ1n) is 6.23. The number of anilines is 1. The molecule has 0 bridgehead atoms. The van der Waals surface area contributed by atoms with E-state index >= 15 is 0 Å². The Labute approximate surface area is 115 Å². The SMILES string of the molecule is Cc1oncc1C(=O)N1CC(=O)Nc2ccccc2C1. The number of rotatable bonds is 1. The zero-order chi connectivity index (χ0) is 14.1. The van der Waals surface area contributed by atoms with Crippen LogP contribution in [0.15, 0.2) is 35.0 Å². The van der Waals surface area contributed by atoms with Crippen LogP contribution in [0.2, 0.25) is 0 Å². The highest BCUT2D eigenvalue weighted by molar-refractivity contribution is 6.00. The Kier molecular flexibility index (Phi) is 2.98. The summed E-state index contributed by atoms with van der Waals surface area (Å²) in [4.78, 5) is 25.8. The number of nitrogens with zero attached hydrogens (tertiary/aromatic N) is 2. The third-order valence-corrected chi connectivity index (χ3v) is 3.26. The second-order valence-corrected chi connectivity index (χ2v) is 4.66. The highest BCUT2D eigenvalue weighted by Gasteiger charge is 2.26. The van der Waals surface area contributed by atoms with Crippen LogP contribution in [0.4, 0.5) is 5.69 Å². The molecule has 0 radical (unpaired) electrons. The summed E-state index contributed by atoms with van der Waals surface area (Å²) >= 11 is 0. The fourth-order valence-electron chi connectivity index (χ4n) is 2.22. The van der Waals surface area contributed by atoms with E-state index in [1.807, 2.05) is 24.3 Å². The van der Waals surface area contributed by atoms with Crippen LogP contribution in [0.5, 0.6) is 0 Å². The molecular weight excluding hydrogens is 258 g/mol. The fourth-order valence-corrected chi connectivity index (χ4v) is 2.22. The lowest BCUT2D eigenvalue weighted by molar-refractivity contribution is -0.116. The average Bonchev–Trinajstić information content (AvgIpc) is 2.77. The van der Waals surface area contributed by atoms with Crippen molar-refractivity contribution in [1.29, 1.82) is 0 Å². The number of para-hydroxylation sites is 1. The molecule has 0 aliphatic carbocycles. The topological polar surface area (TPSA) is 75.4 Å². The van der Waals surface area contributed by atoms with E-state index in [4.69, 9.17) is 4.52 Å². The van der Waals surface area contributed by atoms with Gasteiger partial charge in [-0.3, -0.25) is 9.59 Å². The van der Waals surface area contributed by atoms with E-state index in [0.717, 1.165) is 11.3 Å². The molecule has 0 atom stereocenters. The molecule has 1 aromatic heterocycles. The molecular formula is C14H13N3O3. The van der Waals surface area contributed by atoms with Gasteiger partial charge in [0.25, 0.3) is 5.91 Å². The standard InChI is InChI=1S/C14H13N3O3/c1-9-11(6-15-20-9)14(19)17-7-10-4-2-3-5-12(10)16-13(18)8-17/h2-6H,7-8H2,1H3,(H,16,18). The molecule has 102 valence electrons. The Morgan fingerprint density at radius 2 is 2.15 bits per heavy atom. The number of hydrogen-bond donors (Lipinski definition) is 1. The molecule has 0 unspecified atom stereocenters. The Morgan fingerprint density at radius 3 is 2.90 bits per heavy atom. The lowest BCUT2D eigenvalue weighted by atomic mass is 10.1. The molecule has 0 spiro atoms. The minimum absolute atomic E-state index is 0.0120. The molecule has 20 heavy (non-hydrogen) atoms. The van der Waals surface area contributed by atoms with E-state index in [1.54, 1.807) is 6.92 Å². The van der Waals surface area contributed by atoms with E-state index in [9.17, 15) is 9.59 Å². The molecule has 1 aliphatic heterocycles. The summed E-state index contributed by atoms with van der Waals surface area (Å²) in [6.45, 7) is 2.06. The van der Waals surface area contributed by atoms with Gasteiger partial charge >= 0.3 is 0 Å². The summed E-state index contributed by atoms with van der Waals surface area (Å²) in [5, 5.41) is 6.40. The maximum atomic E-state index is 12.4. The van der Waals surface area contributed by atoms with Crippen LogP contribution in [0.25, 0.3) is 0 Å². The highest BCUT2D eigenvalue weighted by atomic mass is 16.5. The van der Waals surface area contributed by atoms with Gasteiger partial charge in [0.1, 0.15) is 17.9 Å². The van der Waals surface area contributed by atoms with E-state index in [1.165, 1.54) is 11.1 Å². The van der Waals surface area contributed by atoms with Crippen molar-refractivity contribution in [3.63, 3.8) is 0 Å². The van der Waals surface area contributed by atoms with Gasteiger partial charge in [0, 0.05) is 12.2 Å². The van der Waals surface area contributed by atoms with Gasteiger partial charge in [-0.05, 0) is 18.6 Å². The van der Waals surface area contributed by atoms with Crippen LogP contribution in [0.3, 0.4) is 0 Å². The number of nitrogens with one attached hydrogen (secondary N) is 1. The van der Waals surface area contributed by atoms with E-state index in [-0.39, 0.29) is 18.4 Å². The van der Waals surface area contributed by atoms with Gasteiger partial charge in [0.2, 0.25) is 5.91 Å². The van der Waals surface area contributed by atoms with Gasteiger partial charge in [-0.15, -0.1) is 0 Å². The number of carbonyl (C=O) groups excluding carboxylic acids is 2. The molecule has 1 aromatic carbocycles. The van der Waals surface area contributed by atoms with Crippen molar-refractivity contribution in [2.45, 2.75) is 13.5 Å². The summed E-state index contributed by atoms with van der Waals surface area (Å²) in [5.41, 5.74) is 2.04. The predicted octanol–water partition coefficient (Wildman–Crippen LogP) is 1.58. The third-order valence-electron chi connectivity index (χ3n) is 3.26. The van der Waals surface area contributed by atoms with Crippen LogP contribution < -0.4 is 5.32 Å². The minimum Gasteiger partial charge on any atom is -0.361 e. The van der Waals surface area contributed by atoms with Crippen molar-refractivity contribution < 1.29 is 14.1 Å². The lowest BCUT2D eigenvalue weighted by Crippen LogP contribution is -2.35. The second kappa shape index (κ2) is 4.80. The predicted molar refractivity (Wildman–Crippen MR) is 71.1 cm³/mol. The summed E-state index contributed by atoms with van der Waals surface area (Å²) in [6, 6.07) is 7.44. The molecule has 3 rings (SSSR count). The Balaban J connectivity index is 1.93.